The van der Waals surface area contributed by atoms with Gasteiger partial charge in [-0.25, -0.2) is 4.79 Å². The quantitative estimate of drug-likeness (QED) is 0.584. The van der Waals surface area contributed by atoms with E-state index in [4.69, 9.17) is 13.8 Å². The SMILES string of the molecule is CCOP(=O)(OCC)C1CN(C(=O)Oc2ccccc2)C(c2ccccc2)CC1=O. The van der Waals surface area contributed by atoms with E-state index in [2.05, 4.69) is 0 Å². The second kappa shape index (κ2) is 10.0. The molecule has 1 fully saturated rings. The largest absolute Gasteiger partial charge is 0.415 e. The molecule has 1 heterocycles. The van der Waals surface area contributed by atoms with Crippen LogP contribution in [-0.4, -0.2) is 42.2 Å². The third-order valence-corrected chi connectivity index (χ3v) is 7.33. The van der Waals surface area contributed by atoms with Crippen molar-refractivity contribution in [2.24, 2.45) is 0 Å². The molecule has 2 aromatic rings. The van der Waals surface area contributed by atoms with Crippen molar-refractivity contribution in [2.75, 3.05) is 19.8 Å². The van der Waals surface area contributed by atoms with Gasteiger partial charge in [0.2, 0.25) is 0 Å². The number of piperidine rings is 1. The number of Topliss-reactive ketones (excluding diaryl/α,β-unsaturated/α-hetero) is 1. The van der Waals surface area contributed by atoms with Crippen LogP contribution in [0.25, 0.3) is 0 Å². The predicted molar refractivity (Wildman–Crippen MR) is 113 cm³/mol. The molecule has 2 aromatic carbocycles. The number of hydrogen-bond donors (Lipinski definition) is 0. The van der Waals surface area contributed by atoms with Gasteiger partial charge in [0, 0.05) is 13.0 Å². The van der Waals surface area contributed by atoms with E-state index < -0.39 is 25.4 Å². The van der Waals surface area contributed by atoms with Gasteiger partial charge in [0.25, 0.3) is 0 Å². The first-order chi connectivity index (χ1) is 14.5. The second-order valence-electron chi connectivity index (χ2n) is 6.82. The summed E-state index contributed by atoms with van der Waals surface area (Å²) < 4.78 is 29.6. The Morgan fingerprint density at radius 1 is 1.00 bits per heavy atom. The first-order valence-corrected chi connectivity index (χ1v) is 11.6. The number of rotatable bonds is 7. The van der Waals surface area contributed by atoms with Crippen LogP contribution in [-0.2, 0) is 18.4 Å². The van der Waals surface area contributed by atoms with E-state index in [1.807, 2.05) is 36.4 Å². The number of amides is 1. The summed E-state index contributed by atoms with van der Waals surface area (Å²) in [7, 11) is -3.73. The molecule has 1 aliphatic rings. The van der Waals surface area contributed by atoms with Gasteiger partial charge in [-0.3, -0.25) is 14.3 Å². The minimum absolute atomic E-state index is 0.00269. The van der Waals surface area contributed by atoms with Gasteiger partial charge >= 0.3 is 13.7 Å². The third-order valence-electron chi connectivity index (χ3n) is 4.88. The molecule has 30 heavy (non-hydrogen) atoms. The number of para-hydroxylation sites is 1. The molecule has 1 saturated heterocycles. The zero-order valence-corrected chi connectivity index (χ0v) is 18.0. The van der Waals surface area contributed by atoms with Crippen LogP contribution in [0, 0.1) is 0 Å². The molecule has 2 unspecified atom stereocenters. The Hall–Kier alpha value is -2.47. The molecule has 1 aliphatic heterocycles. The fourth-order valence-corrected chi connectivity index (χ4v) is 5.52. The standard InChI is InChI=1S/C22H26NO6P/c1-3-27-30(26,28-4-2)21-16-23(22(25)29-18-13-9-6-10-14-18)19(15-20(21)24)17-11-7-5-8-12-17/h5-14,19,21H,3-4,15-16H2,1-2H3. The molecule has 8 heteroatoms. The highest BCUT2D eigenvalue weighted by molar-refractivity contribution is 7.55. The van der Waals surface area contributed by atoms with Gasteiger partial charge in [-0.1, -0.05) is 48.5 Å². The molecule has 160 valence electrons. The lowest BCUT2D eigenvalue weighted by molar-refractivity contribution is -0.122. The highest BCUT2D eigenvalue weighted by Gasteiger charge is 2.48. The van der Waals surface area contributed by atoms with Crippen LogP contribution in [0.5, 0.6) is 5.75 Å². The summed E-state index contributed by atoms with van der Waals surface area (Å²) in [4.78, 5) is 27.5. The van der Waals surface area contributed by atoms with Crippen LogP contribution in [0.15, 0.2) is 60.7 Å². The zero-order chi connectivity index (χ0) is 21.6. The van der Waals surface area contributed by atoms with Gasteiger partial charge in [-0.15, -0.1) is 0 Å². The van der Waals surface area contributed by atoms with E-state index in [0.29, 0.717) is 5.75 Å². The average Bonchev–Trinajstić information content (AvgIpc) is 2.75. The van der Waals surface area contributed by atoms with Crippen LogP contribution in [0.3, 0.4) is 0 Å². The van der Waals surface area contributed by atoms with Crippen molar-refractivity contribution < 1.29 is 27.9 Å². The Bertz CT molecular complexity index is 894. The molecule has 0 spiro atoms. The topological polar surface area (TPSA) is 82.1 Å². The Balaban J connectivity index is 1.93. The normalized spacial score (nSPS) is 19.5. The number of benzene rings is 2. The smallest absolute Gasteiger partial charge is 0.410 e. The summed E-state index contributed by atoms with van der Waals surface area (Å²) in [6.45, 7) is 3.54. The van der Waals surface area contributed by atoms with E-state index in [-0.39, 0.29) is 32.0 Å². The molecule has 0 aromatic heterocycles. The molecule has 0 aliphatic carbocycles. The van der Waals surface area contributed by atoms with Crippen molar-refractivity contribution in [1.29, 1.82) is 0 Å². The van der Waals surface area contributed by atoms with Gasteiger partial charge in [0.1, 0.15) is 11.4 Å². The van der Waals surface area contributed by atoms with Crippen molar-refractivity contribution in [2.45, 2.75) is 32.0 Å². The molecule has 0 saturated carbocycles. The van der Waals surface area contributed by atoms with Crippen molar-refractivity contribution in [1.82, 2.24) is 4.90 Å². The minimum Gasteiger partial charge on any atom is -0.410 e. The van der Waals surface area contributed by atoms with E-state index in [1.54, 1.807) is 38.1 Å². The highest BCUT2D eigenvalue weighted by atomic mass is 31.2. The van der Waals surface area contributed by atoms with Crippen LogP contribution in [0.2, 0.25) is 0 Å². The lowest BCUT2D eigenvalue weighted by Gasteiger charge is -2.39. The summed E-state index contributed by atoms with van der Waals surface area (Å²) in [5.41, 5.74) is -0.252. The number of carbonyl (C=O) groups is 2. The van der Waals surface area contributed by atoms with Crippen molar-refractivity contribution >= 4 is 19.5 Å². The Kier molecular flexibility index (Phi) is 7.43. The first-order valence-electron chi connectivity index (χ1n) is 9.98. The Morgan fingerprint density at radius 3 is 2.13 bits per heavy atom. The summed E-state index contributed by atoms with van der Waals surface area (Å²) in [5, 5.41) is 0. The summed E-state index contributed by atoms with van der Waals surface area (Å²) >= 11 is 0. The maximum atomic E-state index is 13.3. The molecule has 0 radical (unpaired) electrons. The predicted octanol–water partition coefficient (Wildman–Crippen LogP) is 4.84. The molecule has 0 bridgehead atoms. The maximum Gasteiger partial charge on any atom is 0.415 e. The third kappa shape index (κ3) is 4.98. The maximum absolute atomic E-state index is 13.3. The van der Waals surface area contributed by atoms with Crippen molar-refractivity contribution in [3.63, 3.8) is 0 Å². The Morgan fingerprint density at radius 2 is 1.57 bits per heavy atom. The average molecular weight is 431 g/mol. The van der Waals surface area contributed by atoms with Crippen molar-refractivity contribution in [3.8, 4) is 5.75 Å². The number of ketones is 1. The number of nitrogens with zero attached hydrogens (tertiary/aromatic N) is 1. The van der Waals surface area contributed by atoms with Crippen LogP contribution in [0.1, 0.15) is 31.9 Å². The van der Waals surface area contributed by atoms with E-state index in [0.717, 1.165) is 5.56 Å². The molecule has 7 nitrogen and oxygen atoms in total. The number of carbonyl (C=O) groups excluding carboxylic acids is 2. The van der Waals surface area contributed by atoms with Crippen LogP contribution < -0.4 is 4.74 Å². The monoisotopic (exact) mass is 431 g/mol. The fourth-order valence-electron chi connectivity index (χ4n) is 3.53. The summed E-state index contributed by atoms with van der Waals surface area (Å²) in [5.74, 6) is 0.137. The Labute approximate surface area is 176 Å². The second-order valence-corrected chi connectivity index (χ2v) is 9.04. The molecule has 1 amide bonds. The van der Waals surface area contributed by atoms with Gasteiger partial charge in [-0.05, 0) is 31.5 Å². The number of hydrogen-bond acceptors (Lipinski definition) is 6. The number of likely N-dealkylation sites (tertiary alicyclic amines) is 1. The molecular formula is C22H26NO6P. The van der Waals surface area contributed by atoms with Gasteiger partial charge in [0.05, 0.1) is 19.3 Å². The van der Waals surface area contributed by atoms with Gasteiger partial charge in [0.15, 0.2) is 5.78 Å². The lowest BCUT2D eigenvalue weighted by atomic mass is 9.94. The summed E-state index contributed by atoms with van der Waals surface area (Å²) in [6.07, 6.45) is -0.616. The van der Waals surface area contributed by atoms with Gasteiger partial charge in [-0.2, -0.15) is 0 Å². The highest BCUT2D eigenvalue weighted by Crippen LogP contribution is 2.56. The van der Waals surface area contributed by atoms with E-state index in [1.165, 1.54) is 4.90 Å². The van der Waals surface area contributed by atoms with Crippen molar-refractivity contribution in [3.05, 3.63) is 66.2 Å². The molecular weight excluding hydrogens is 405 g/mol. The first kappa shape index (κ1) is 22.2. The van der Waals surface area contributed by atoms with Crippen LogP contribution in [0.4, 0.5) is 4.79 Å². The molecule has 2 atom stereocenters. The summed E-state index contributed by atoms with van der Waals surface area (Å²) in [6, 6.07) is 17.4. The number of ether oxygens (including phenoxy) is 1. The van der Waals surface area contributed by atoms with Gasteiger partial charge < -0.3 is 13.8 Å². The van der Waals surface area contributed by atoms with E-state index in [9.17, 15) is 14.2 Å². The van der Waals surface area contributed by atoms with Crippen LogP contribution >= 0.6 is 7.60 Å². The zero-order valence-electron chi connectivity index (χ0n) is 17.1. The molecule has 3 rings (SSSR count). The minimum atomic E-state index is -3.73. The fraction of sp³-hybridized carbons (Fsp3) is 0.364. The van der Waals surface area contributed by atoms with E-state index >= 15 is 0 Å². The molecule has 0 N–H and O–H groups in total. The lowest BCUT2D eigenvalue weighted by Crippen LogP contribution is -2.50.